The van der Waals surface area contributed by atoms with E-state index in [9.17, 15) is 9.18 Å². The first-order valence-electron chi connectivity index (χ1n) is 9.54. The Morgan fingerprint density at radius 3 is 2.93 bits per heavy atom. The lowest BCUT2D eigenvalue weighted by Gasteiger charge is -2.30. The lowest BCUT2D eigenvalue weighted by Crippen LogP contribution is -2.31. The van der Waals surface area contributed by atoms with Crippen LogP contribution < -0.4 is 10.2 Å². The average Bonchev–Trinajstić information content (AvgIpc) is 2.66. The van der Waals surface area contributed by atoms with Crippen molar-refractivity contribution in [3.8, 4) is 0 Å². The second-order valence-electron chi connectivity index (χ2n) is 6.93. The van der Waals surface area contributed by atoms with Gasteiger partial charge in [-0.25, -0.2) is 9.37 Å². The third-order valence-corrected chi connectivity index (χ3v) is 4.82. The van der Waals surface area contributed by atoms with Crippen LogP contribution in [-0.4, -0.2) is 29.1 Å². The highest BCUT2D eigenvalue weighted by Crippen LogP contribution is 2.26. The summed E-state index contributed by atoms with van der Waals surface area (Å²) in [5.41, 5.74) is 3.31. The molecule has 0 fully saturated rings. The summed E-state index contributed by atoms with van der Waals surface area (Å²) in [4.78, 5) is 17.8. The van der Waals surface area contributed by atoms with Gasteiger partial charge in [-0.1, -0.05) is 19.1 Å². The highest BCUT2D eigenvalue weighted by atomic mass is 19.1. The van der Waals surface area contributed by atoms with Gasteiger partial charge in [0.1, 0.15) is 11.6 Å². The number of halogens is 1. The second kappa shape index (κ2) is 8.84. The largest absolute Gasteiger partial charge is 0.481 e. The van der Waals surface area contributed by atoms with Crippen molar-refractivity contribution in [1.29, 1.82) is 0 Å². The van der Waals surface area contributed by atoms with Crippen LogP contribution in [0.25, 0.3) is 0 Å². The van der Waals surface area contributed by atoms with Crippen LogP contribution in [0.2, 0.25) is 0 Å². The van der Waals surface area contributed by atoms with Crippen molar-refractivity contribution < 1.29 is 14.3 Å². The Balaban J connectivity index is 1.65. The summed E-state index contributed by atoms with van der Waals surface area (Å²) in [5, 5.41) is 11.9. The first-order chi connectivity index (χ1) is 13.1. The fraction of sp³-hybridized carbons (Fsp3) is 0.429. The summed E-state index contributed by atoms with van der Waals surface area (Å²) in [7, 11) is 0. The topological polar surface area (TPSA) is 65.5 Å². The third kappa shape index (κ3) is 4.96. The van der Waals surface area contributed by atoms with E-state index in [0.29, 0.717) is 17.8 Å². The molecule has 2 heterocycles. The van der Waals surface area contributed by atoms with Crippen molar-refractivity contribution in [3.05, 3.63) is 53.0 Å². The molecule has 1 aliphatic rings. The van der Waals surface area contributed by atoms with Crippen LogP contribution in [0, 0.1) is 5.82 Å². The van der Waals surface area contributed by atoms with E-state index in [1.54, 1.807) is 12.1 Å². The summed E-state index contributed by atoms with van der Waals surface area (Å²) in [5.74, 6) is -0.224. The van der Waals surface area contributed by atoms with Crippen LogP contribution in [-0.2, 0) is 24.2 Å². The van der Waals surface area contributed by atoms with Gasteiger partial charge in [0, 0.05) is 25.2 Å². The van der Waals surface area contributed by atoms with Crippen molar-refractivity contribution in [2.45, 2.75) is 45.6 Å². The van der Waals surface area contributed by atoms with Crippen molar-refractivity contribution in [2.24, 2.45) is 0 Å². The lowest BCUT2D eigenvalue weighted by atomic mass is 10.0. The molecule has 1 aromatic heterocycles. The number of aromatic nitrogens is 1. The smallest absolute Gasteiger partial charge is 0.303 e. The summed E-state index contributed by atoms with van der Waals surface area (Å²) < 4.78 is 14.1. The maximum atomic E-state index is 14.1. The van der Waals surface area contributed by atoms with Gasteiger partial charge >= 0.3 is 5.97 Å². The minimum absolute atomic E-state index is 0.0724. The normalized spacial score (nSPS) is 13.3. The Bertz CT molecular complexity index is 810. The number of nitrogens with one attached hydrogen (secondary N) is 1. The number of carbonyl (C=O) groups is 1. The second-order valence-corrected chi connectivity index (χ2v) is 6.93. The predicted molar refractivity (Wildman–Crippen MR) is 105 cm³/mol. The number of fused-ring (bicyclic) bond motifs is 1. The summed E-state index contributed by atoms with van der Waals surface area (Å²) in [6.07, 6.45) is 3.45. The maximum Gasteiger partial charge on any atom is 0.303 e. The van der Waals surface area contributed by atoms with Gasteiger partial charge in [0.05, 0.1) is 12.2 Å². The average molecular weight is 371 g/mol. The molecule has 0 spiro atoms. The van der Waals surface area contributed by atoms with Gasteiger partial charge in [-0.3, -0.25) is 4.79 Å². The molecule has 0 amide bonds. The SMILES string of the molecule is CCCN1CCCc2ccc(CNc3ccc(CCC(=O)O)c(F)c3)nc21. The number of nitrogens with zero attached hydrogens (tertiary/aromatic N) is 2. The zero-order valence-corrected chi connectivity index (χ0v) is 15.7. The van der Waals surface area contributed by atoms with Gasteiger partial charge in [0.15, 0.2) is 0 Å². The summed E-state index contributed by atoms with van der Waals surface area (Å²) >= 11 is 0. The van der Waals surface area contributed by atoms with Crippen LogP contribution >= 0.6 is 0 Å². The fourth-order valence-electron chi connectivity index (χ4n) is 3.43. The minimum Gasteiger partial charge on any atom is -0.481 e. The van der Waals surface area contributed by atoms with Crippen molar-refractivity contribution in [1.82, 2.24) is 4.98 Å². The highest BCUT2D eigenvalue weighted by Gasteiger charge is 2.18. The number of aliphatic carboxylic acids is 1. The molecule has 6 heteroatoms. The number of carboxylic acids is 1. The number of pyridine rings is 1. The van der Waals surface area contributed by atoms with Gasteiger partial charge in [-0.15, -0.1) is 0 Å². The van der Waals surface area contributed by atoms with E-state index >= 15 is 0 Å². The van der Waals surface area contributed by atoms with Gasteiger partial charge < -0.3 is 15.3 Å². The molecule has 0 unspecified atom stereocenters. The number of carboxylic acid groups (broad SMARTS) is 1. The van der Waals surface area contributed by atoms with E-state index in [1.807, 2.05) is 6.07 Å². The molecule has 5 nitrogen and oxygen atoms in total. The fourth-order valence-corrected chi connectivity index (χ4v) is 3.43. The Labute approximate surface area is 159 Å². The van der Waals surface area contributed by atoms with E-state index in [0.717, 1.165) is 37.4 Å². The van der Waals surface area contributed by atoms with Crippen LogP contribution in [0.5, 0.6) is 0 Å². The van der Waals surface area contributed by atoms with E-state index in [1.165, 1.54) is 18.1 Å². The number of anilines is 2. The standard InChI is InChI=1S/C21H26FN3O2/c1-2-11-25-12-3-4-16-6-9-18(24-21(16)25)14-23-17-8-5-15(19(22)13-17)7-10-20(26)27/h5-6,8-9,13,23H,2-4,7,10-12,14H2,1H3,(H,26,27). The Hall–Kier alpha value is -2.63. The summed E-state index contributed by atoms with van der Waals surface area (Å²) in [6, 6.07) is 9.01. The molecule has 0 bridgehead atoms. The molecule has 2 N–H and O–H groups in total. The van der Waals surface area contributed by atoms with Crippen molar-refractivity contribution in [2.75, 3.05) is 23.3 Å². The molecular formula is C21H26FN3O2. The molecule has 0 atom stereocenters. The molecule has 3 rings (SSSR count). The maximum absolute atomic E-state index is 14.1. The van der Waals surface area contributed by atoms with Crippen molar-refractivity contribution in [3.63, 3.8) is 0 Å². The number of aryl methyl sites for hydroxylation is 2. The monoisotopic (exact) mass is 371 g/mol. The molecule has 2 aromatic rings. The molecule has 0 saturated heterocycles. The molecule has 144 valence electrons. The van der Waals surface area contributed by atoms with Crippen LogP contribution in [0.3, 0.4) is 0 Å². The zero-order valence-electron chi connectivity index (χ0n) is 15.7. The quantitative estimate of drug-likeness (QED) is 0.734. The van der Waals surface area contributed by atoms with E-state index in [2.05, 4.69) is 23.2 Å². The predicted octanol–water partition coefficient (Wildman–Crippen LogP) is 4.01. The molecule has 1 aliphatic heterocycles. The number of rotatable bonds is 8. The number of hydrogen-bond donors (Lipinski definition) is 2. The first kappa shape index (κ1) is 19.1. The van der Waals surface area contributed by atoms with Gasteiger partial charge in [-0.2, -0.15) is 0 Å². The Morgan fingerprint density at radius 1 is 1.33 bits per heavy atom. The highest BCUT2D eigenvalue weighted by molar-refractivity contribution is 5.67. The summed E-state index contributed by atoms with van der Waals surface area (Å²) in [6.45, 7) is 4.75. The van der Waals surface area contributed by atoms with Crippen LogP contribution in [0.4, 0.5) is 15.9 Å². The van der Waals surface area contributed by atoms with Crippen molar-refractivity contribution >= 4 is 17.5 Å². The van der Waals surface area contributed by atoms with Gasteiger partial charge in [-0.05, 0) is 55.0 Å². The molecule has 0 aliphatic carbocycles. The Morgan fingerprint density at radius 2 is 2.19 bits per heavy atom. The van der Waals surface area contributed by atoms with E-state index < -0.39 is 5.97 Å². The minimum atomic E-state index is -0.924. The molecule has 0 radical (unpaired) electrons. The zero-order chi connectivity index (χ0) is 19.2. The molecule has 1 aromatic carbocycles. The van der Waals surface area contributed by atoms with Crippen LogP contribution in [0.15, 0.2) is 30.3 Å². The Kier molecular flexibility index (Phi) is 6.27. The van der Waals surface area contributed by atoms with Crippen LogP contribution in [0.1, 0.15) is 43.0 Å². The molecule has 27 heavy (non-hydrogen) atoms. The number of hydrogen-bond acceptors (Lipinski definition) is 4. The number of benzene rings is 1. The van der Waals surface area contributed by atoms with E-state index in [-0.39, 0.29) is 18.7 Å². The molecular weight excluding hydrogens is 345 g/mol. The molecule has 0 saturated carbocycles. The third-order valence-electron chi connectivity index (χ3n) is 4.82. The van der Waals surface area contributed by atoms with Gasteiger partial charge in [0.2, 0.25) is 0 Å². The lowest BCUT2D eigenvalue weighted by molar-refractivity contribution is -0.136. The first-order valence-corrected chi connectivity index (χ1v) is 9.54. The van der Waals surface area contributed by atoms with E-state index in [4.69, 9.17) is 10.1 Å². The van der Waals surface area contributed by atoms with Gasteiger partial charge in [0.25, 0.3) is 0 Å².